The Bertz CT molecular complexity index is 428. The number of rotatable bonds is 5. The first kappa shape index (κ1) is 14.8. The molecule has 4 nitrogen and oxygen atoms in total. The van der Waals surface area contributed by atoms with Crippen molar-refractivity contribution in [2.24, 2.45) is 0 Å². The average molecular weight is 301 g/mol. The molecule has 1 aliphatic heterocycles. The molecule has 0 amide bonds. The second kappa shape index (κ2) is 7.26. The van der Waals surface area contributed by atoms with E-state index in [0.717, 1.165) is 12.3 Å². The molecular formula is C13H19NO3S2. The van der Waals surface area contributed by atoms with Crippen molar-refractivity contribution in [3.63, 3.8) is 0 Å². The van der Waals surface area contributed by atoms with Gasteiger partial charge in [0, 0.05) is 29.1 Å². The number of hydrogen-bond donors (Lipinski definition) is 1. The predicted molar refractivity (Wildman–Crippen MR) is 80.1 cm³/mol. The number of aryl methyl sites for hydroxylation is 1. The van der Waals surface area contributed by atoms with E-state index < -0.39 is 0 Å². The number of carbonyl (C=O) groups is 1. The van der Waals surface area contributed by atoms with Crippen LogP contribution in [0, 0.1) is 6.92 Å². The molecule has 0 radical (unpaired) electrons. The van der Waals surface area contributed by atoms with Crippen LogP contribution in [0.1, 0.15) is 21.9 Å². The van der Waals surface area contributed by atoms with Crippen molar-refractivity contribution in [2.75, 3.05) is 30.9 Å². The highest BCUT2D eigenvalue weighted by Gasteiger charge is 2.16. The van der Waals surface area contributed by atoms with Crippen molar-refractivity contribution in [2.45, 2.75) is 18.7 Å². The maximum atomic E-state index is 11.5. The minimum Gasteiger partial charge on any atom is -0.465 e. The number of furan rings is 1. The summed E-state index contributed by atoms with van der Waals surface area (Å²) in [7, 11) is 1.38. The Morgan fingerprint density at radius 1 is 1.58 bits per heavy atom. The summed E-state index contributed by atoms with van der Waals surface area (Å²) in [4.78, 5) is 11.5. The van der Waals surface area contributed by atoms with Gasteiger partial charge in [0.2, 0.25) is 0 Å². The Labute approximate surface area is 122 Å². The van der Waals surface area contributed by atoms with Crippen LogP contribution < -0.4 is 5.32 Å². The third-order valence-electron chi connectivity index (χ3n) is 2.93. The highest BCUT2D eigenvalue weighted by molar-refractivity contribution is 8.06. The van der Waals surface area contributed by atoms with Crippen molar-refractivity contribution >= 4 is 29.5 Å². The zero-order valence-corrected chi connectivity index (χ0v) is 12.9. The summed E-state index contributed by atoms with van der Waals surface area (Å²) in [6.07, 6.45) is 0. The van der Waals surface area contributed by atoms with Crippen LogP contribution in [0.5, 0.6) is 0 Å². The lowest BCUT2D eigenvalue weighted by Crippen LogP contribution is -2.28. The molecule has 1 aromatic heterocycles. The summed E-state index contributed by atoms with van der Waals surface area (Å²) in [6.45, 7) is 3.41. The molecule has 0 aliphatic carbocycles. The van der Waals surface area contributed by atoms with Crippen molar-refractivity contribution < 1.29 is 13.9 Å². The standard InChI is InChI=1S/C13H19NO3S2/c1-9-12(13(15)16-2)5-10(17-9)6-14-7-11-8-18-3-4-19-11/h5,11,14H,3-4,6-8H2,1-2H3. The summed E-state index contributed by atoms with van der Waals surface area (Å²) in [5, 5.41) is 4.06. The maximum Gasteiger partial charge on any atom is 0.341 e. The molecule has 1 N–H and O–H groups in total. The summed E-state index contributed by atoms with van der Waals surface area (Å²) >= 11 is 4.04. The Kier molecular flexibility index (Phi) is 5.66. The van der Waals surface area contributed by atoms with Crippen LogP contribution in [0.4, 0.5) is 0 Å². The van der Waals surface area contributed by atoms with Gasteiger partial charge in [0.25, 0.3) is 0 Å². The van der Waals surface area contributed by atoms with E-state index in [1.54, 1.807) is 13.0 Å². The second-order valence-corrected chi connectivity index (χ2v) is 6.93. The lowest BCUT2D eigenvalue weighted by Gasteiger charge is -2.20. The number of nitrogens with one attached hydrogen (secondary N) is 1. The predicted octanol–water partition coefficient (Wildman–Crippen LogP) is 2.31. The highest BCUT2D eigenvalue weighted by atomic mass is 32.2. The Hall–Kier alpha value is -0.590. The van der Waals surface area contributed by atoms with Crippen molar-refractivity contribution in [1.82, 2.24) is 5.32 Å². The lowest BCUT2D eigenvalue weighted by molar-refractivity contribution is 0.0599. The minimum atomic E-state index is -0.341. The summed E-state index contributed by atoms with van der Waals surface area (Å²) in [5.41, 5.74) is 0.516. The second-order valence-electron chi connectivity index (χ2n) is 4.37. The molecule has 0 saturated carbocycles. The monoisotopic (exact) mass is 301 g/mol. The zero-order valence-electron chi connectivity index (χ0n) is 11.2. The molecule has 2 heterocycles. The van der Waals surface area contributed by atoms with Gasteiger partial charge in [-0.1, -0.05) is 0 Å². The number of esters is 1. The van der Waals surface area contributed by atoms with Gasteiger partial charge in [-0.15, -0.1) is 0 Å². The first-order chi connectivity index (χ1) is 9.20. The van der Waals surface area contributed by atoms with Gasteiger partial charge in [0.05, 0.1) is 13.7 Å². The molecule has 0 spiro atoms. The summed E-state index contributed by atoms with van der Waals surface area (Å²) in [5.74, 6) is 4.77. The van der Waals surface area contributed by atoms with Crippen molar-refractivity contribution in [3.8, 4) is 0 Å². The lowest BCUT2D eigenvalue weighted by atomic mass is 10.2. The van der Waals surface area contributed by atoms with Gasteiger partial charge in [-0.05, 0) is 13.0 Å². The molecule has 6 heteroatoms. The largest absolute Gasteiger partial charge is 0.465 e. The molecule has 1 aromatic rings. The minimum absolute atomic E-state index is 0.341. The Balaban J connectivity index is 1.81. The fourth-order valence-corrected chi connectivity index (χ4v) is 4.60. The quantitative estimate of drug-likeness (QED) is 0.842. The van der Waals surface area contributed by atoms with Gasteiger partial charge in [-0.2, -0.15) is 23.5 Å². The molecular weight excluding hydrogens is 282 g/mol. The van der Waals surface area contributed by atoms with Gasteiger partial charge in [0.1, 0.15) is 17.1 Å². The molecule has 106 valence electrons. The van der Waals surface area contributed by atoms with E-state index in [0.29, 0.717) is 23.1 Å². The Morgan fingerprint density at radius 2 is 2.42 bits per heavy atom. The zero-order chi connectivity index (χ0) is 13.7. The highest BCUT2D eigenvalue weighted by Crippen LogP contribution is 2.23. The van der Waals surface area contributed by atoms with Crippen LogP contribution in [0.15, 0.2) is 10.5 Å². The van der Waals surface area contributed by atoms with Gasteiger partial charge in [0.15, 0.2) is 0 Å². The summed E-state index contributed by atoms with van der Waals surface area (Å²) < 4.78 is 10.3. The van der Waals surface area contributed by atoms with E-state index in [-0.39, 0.29) is 5.97 Å². The maximum absolute atomic E-state index is 11.5. The topological polar surface area (TPSA) is 51.5 Å². The first-order valence-electron chi connectivity index (χ1n) is 6.28. The van der Waals surface area contributed by atoms with Crippen LogP contribution >= 0.6 is 23.5 Å². The Morgan fingerprint density at radius 3 is 3.11 bits per heavy atom. The van der Waals surface area contributed by atoms with Crippen LogP contribution in [0.2, 0.25) is 0 Å². The number of methoxy groups -OCH3 is 1. The molecule has 1 aliphatic rings. The first-order valence-corrected chi connectivity index (χ1v) is 8.48. The van der Waals surface area contributed by atoms with E-state index in [9.17, 15) is 4.79 Å². The molecule has 0 aromatic carbocycles. The van der Waals surface area contributed by atoms with Crippen LogP contribution in [0.25, 0.3) is 0 Å². The normalized spacial score (nSPS) is 19.4. The average Bonchev–Trinajstić information content (AvgIpc) is 2.80. The van der Waals surface area contributed by atoms with Crippen LogP contribution in [-0.4, -0.2) is 42.1 Å². The molecule has 19 heavy (non-hydrogen) atoms. The van der Waals surface area contributed by atoms with E-state index >= 15 is 0 Å². The van der Waals surface area contributed by atoms with Gasteiger partial charge in [-0.25, -0.2) is 4.79 Å². The molecule has 0 bridgehead atoms. The SMILES string of the molecule is COC(=O)c1cc(CNCC2CSCCS2)oc1C. The van der Waals surface area contributed by atoms with Gasteiger partial charge in [-0.3, -0.25) is 0 Å². The third kappa shape index (κ3) is 4.19. The molecule has 1 unspecified atom stereocenters. The molecule has 2 rings (SSSR count). The van der Waals surface area contributed by atoms with Crippen molar-refractivity contribution in [3.05, 3.63) is 23.2 Å². The van der Waals surface area contributed by atoms with Crippen LogP contribution in [0.3, 0.4) is 0 Å². The number of ether oxygens (including phenoxy) is 1. The van der Waals surface area contributed by atoms with Gasteiger partial charge >= 0.3 is 5.97 Å². The van der Waals surface area contributed by atoms with E-state index in [1.165, 1.54) is 24.4 Å². The fraction of sp³-hybridized carbons (Fsp3) is 0.615. The smallest absolute Gasteiger partial charge is 0.341 e. The fourth-order valence-electron chi connectivity index (χ4n) is 1.95. The van der Waals surface area contributed by atoms with E-state index in [4.69, 9.17) is 9.15 Å². The third-order valence-corrected chi connectivity index (χ3v) is 5.78. The summed E-state index contributed by atoms with van der Waals surface area (Å²) in [6, 6.07) is 1.76. The van der Waals surface area contributed by atoms with Gasteiger partial charge < -0.3 is 14.5 Å². The number of carbonyl (C=O) groups excluding carboxylic acids is 1. The van der Waals surface area contributed by atoms with Crippen LogP contribution in [-0.2, 0) is 11.3 Å². The molecule has 1 saturated heterocycles. The molecule has 1 fully saturated rings. The number of thioether (sulfide) groups is 2. The van der Waals surface area contributed by atoms with Crippen molar-refractivity contribution in [1.29, 1.82) is 0 Å². The van der Waals surface area contributed by atoms with E-state index in [2.05, 4.69) is 5.32 Å². The van der Waals surface area contributed by atoms with E-state index in [1.807, 2.05) is 23.5 Å². The molecule has 1 atom stereocenters. The number of hydrogen-bond acceptors (Lipinski definition) is 6.